The molecule has 0 aliphatic heterocycles. The van der Waals surface area contributed by atoms with Gasteiger partial charge in [0, 0.05) is 13.7 Å². The topological polar surface area (TPSA) is 69.4 Å². The van der Waals surface area contributed by atoms with Crippen LogP contribution in [0.25, 0.3) is 0 Å². The highest BCUT2D eigenvalue weighted by Crippen LogP contribution is 2.44. The van der Waals surface area contributed by atoms with Crippen LogP contribution in [0.15, 0.2) is 0 Å². The van der Waals surface area contributed by atoms with Crippen LogP contribution in [-0.4, -0.2) is 26.9 Å². The Morgan fingerprint density at radius 2 is 2.09 bits per heavy atom. The highest BCUT2D eigenvalue weighted by Gasteiger charge is 2.52. The molecule has 1 aliphatic carbocycles. The molecule has 0 aromatic rings. The number of hydrogen-bond donors (Lipinski definition) is 1. The Morgan fingerprint density at radius 3 is 2.36 bits per heavy atom. The molecule has 0 radical (unpaired) electrons. The van der Waals surface area contributed by atoms with Gasteiger partial charge in [0.15, 0.2) is 0 Å². The summed E-state index contributed by atoms with van der Waals surface area (Å²) in [6.07, 6.45) is 1.91. The molecule has 1 aliphatic rings. The zero-order valence-electron chi connectivity index (χ0n) is 6.54. The van der Waals surface area contributed by atoms with Crippen LogP contribution in [0.4, 0.5) is 0 Å². The molecule has 1 rings (SSSR count). The minimum Gasteiger partial charge on any atom is -0.385 e. The lowest BCUT2D eigenvalue weighted by Gasteiger charge is -2.10. The number of nitrogens with two attached hydrogens (primary N) is 1. The van der Waals surface area contributed by atoms with Crippen LogP contribution in [0.1, 0.15) is 19.3 Å². The lowest BCUT2D eigenvalue weighted by atomic mass is 10.3. The first-order valence-electron chi connectivity index (χ1n) is 3.53. The molecule has 2 N–H and O–H groups in total. The fourth-order valence-electron chi connectivity index (χ4n) is 1.10. The number of primary sulfonamides is 1. The molecule has 0 aromatic carbocycles. The van der Waals surface area contributed by atoms with E-state index in [1.165, 1.54) is 0 Å². The molecule has 0 spiro atoms. The lowest BCUT2D eigenvalue weighted by Crippen LogP contribution is -2.31. The van der Waals surface area contributed by atoms with E-state index < -0.39 is 14.8 Å². The minimum atomic E-state index is -3.34. The van der Waals surface area contributed by atoms with E-state index in [1.54, 1.807) is 7.11 Å². The van der Waals surface area contributed by atoms with Crippen molar-refractivity contribution >= 4 is 10.0 Å². The van der Waals surface area contributed by atoms with E-state index in [0.717, 1.165) is 0 Å². The number of hydrogen-bond acceptors (Lipinski definition) is 3. The SMILES string of the molecule is COCCC1(S(N)(=O)=O)CC1. The molecular formula is C6H13NO3S. The molecule has 1 saturated carbocycles. The largest absolute Gasteiger partial charge is 0.385 e. The molecule has 0 heterocycles. The van der Waals surface area contributed by atoms with Crippen LogP contribution in [0, 0.1) is 0 Å². The summed E-state index contributed by atoms with van der Waals surface area (Å²) in [5.74, 6) is 0. The van der Waals surface area contributed by atoms with Crippen molar-refractivity contribution < 1.29 is 13.2 Å². The number of rotatable bonds is 4. The summed E-state index contributed by atoms with van der Waals surface area (Å²) in [4.78, 5) is 0. The second-order valence-electron chi connectivity index (χ2n) is 2.97. The molecule has 1 fully saturated rings. The van der Waals surface area contributed by atoms with Crippen LogP contribution < -0.4 is 5.14 Å². The number of methoxy groups -OCH3 is 1. The van der Waals surface area contributed by atoms with E-state index in [-0.39, 0.29) is 0 Å². The first-order chi connectivity index (χ1) is 5.02. The van der Waals surface area contributed by atoms with Gasteiger partial charge in [-0.2, -0.15) is 0 Å². The Balaban J connectivity index is 2.55. The van der Waals surface area contributed by atoms with Gasteiger partial charge < -0.3 is 4.74 Å². The molecule has 5 heteroatoms. The summed E-state index contributed by atoms with van der Waals surface area (Å²) in [6, 6.07) is 0. The fraction of sp³-hybridized carbons (Fsp3) is 1.00. The van der Waals surface area contributed by atoms with Crippen molar-refractivity contribution in [2.24, 2.45) is 5.14 Å². The third kappa shape index (κ3) is 1.72. The molecule has 0 amide bonds. The summed E-state index contributed by atoms with van der Waals surface area (Å²) < 4.78 is 26.0. The molecule has 0 bridgehead atoms. The summed E-state index contributed by atoms with van der Waals surface area (Å²) in [7, 11) is -1.79. The summed E-state index contributed by atoms with van der Waals surface area (Å²) in [5, 5.41) is 5.03. The van der Waals surface area contributed by atoms with Gasteiger partial charge in [-0.1, -0.05) is 0 Å². The standard InChI is InChI=1S/C6H13NO3S/c1-10-5-4-6(2-3-6)11(7,8)9/h2-5H2,1H3,(H2,7,8,9). The van der Waals surface area contributed by atoms with E-state index in [2.05, 4.69) is 0 Å². The van der Waals surface area contributed by atoms with Crippen molar-refractivity contribution in [1.82, 2.24) is 0 Å². The first kappa shape index (κ1) is 8.96. The third-order valence-corrected chi connectivity index (χ3v) is 3.99. The van der Waals surface area contributed by atoms with Gasteiger partial charge >= 0.3 is 0 Å². The van der Waals surface area contributed by atoms with Gasteiger partial charge in [0.05, 0.1) is 4.75 Å². The van der Waals surface area contributed by atoms with Crippen molar-refractivity contribution in [2.75, 3.05) is 13.7 Å². The van der Waals surface area contributed by atoms with E-state index in [4.69, 9.17) is 9.88 Å². The van der Waals surface area contributed by atoms with Gasteiger partial charge in [-0.15, -0.1) is 0 Å². The van der Waals surface area contributed by atoms with E-state index in [0.29, 0.717) is 25.9 Å². The van der Waals surface area contributed by atoms with Gasteiger partial charge in [0.2, 0.25) is 10.0 Å². The van der Waals surface area contributed by atoms with Gasteiger partial charge in [-0.3, -0.25) is 0 Å². The van der Waals surface area contributed by atoms with E-state index in [1.807, 2.05) is 0 Å². The Kier molecular flexibility index (Phi) is 2.22. The zero-order chi connectivity index (χ0) is 8.54. The zero-order valence-corrected chi connectivity index (χ0v) is 7.36. The molecule has 0 atom stereocenters. The summed E-state index contributed by atoms with van der Waals surface area (Å²) >= 11 is 0. The highest BCUT2D eigenvalue weighted by atomic mass is 32.2. The monoisotopic (exact) mass is 179 g/mol. The predicted octanol–water partition coefficient (Wildman–Crippen LogP) is -0.156. The Hall–Kier alpha value is -0.130. The first-order valence-corrected chi connectivity index (χ1v) is 5.08. The van der Waals surface area contributed by atoms with Crippen LogP contribution in [0.2, 0.25) is 0 Å². The van der Waals surface area contributed by atoms with Crippen LogP contribution >= 0.6 is 0 Å². The molecule has 0 aromatic heterocycles. The molecule has 0 saturated heterocycles. The number of ether oxygens (including phenoxy) is 1. The Labute approximate surface area is 66.8 Å². The second-order valence-corrected chi connectivity index (χ2v) is 4.93. The van der Waals surface area contributed by atoms with Crippen molar-refractivity contribution in [1.29, 1.82) is 0 Å². The minimum absolute atomic E-state index is 0.469. The second kappa shape index (κ2) is 2.73. The van der Waals surface area contributed by atoms with Gasteiger partial charge in [0.25, 0.3) is 0 Å². The lowest BCUT2D eigenvalue weighted by molar-refractivity contribution is 0.192. The van der Waals surface area contributed by atoms with Gasteiger partial charge in [0.1, 0.15) is 0 Å². The maximum atomic E-state index is 10.9. The van der Waals surface area contributed by atoms with Crippen molar-refractivity contribution in [3.8, 4) is 0 Å². The Morgan fingerprint density at radius 1 is 1.55 bits per heavy atom. The quantitative estimate of drug-likeness (QED) is 0.652. The van der Waals surface area contributed by atoms with Crippen molar-refractivity contribution in [2.45, 2.75) is 24.0 Å². The maximum Gasteiger partial charge on any atom is 0.214 e. The Bertz CT molecular complexity index is 230. The molecule has 0 unspecified atom stereocenters. The van der Waals surface area contributed by atoms with Crippen molar-refractivity contribution in [3.05, 3.63) is 0 Å². The fourth-order valence-corrected chi connectivity index (χ4v) is 2.14. The van der Waals surface area contributed by atoms with Crippen LogP contribution in [0.3, 0.4) is 0 Å². The number of sulfonamides is 1. The van der Waals surface area contributed by atoms with Crippen LogP contribution in [0.5, 0.6) is 0 Å². The van der Waals surface area contributed by atoms with Crippen LogP contribution in [-0.2, 0) is 14.8 Å². The van der Waals surface area contributed by atoms with E-state index >= 15 is 0 Å². The van der Waals surface area contributed by atoms with Crippen molar-refractivity contribution in [3.63, 3.8) is 0 Å². The normalized spacial score (nSPS) is 21.6. The highest BCUT2D eigenvalue weighted by molar-refractivity contribution is 7.90. The molecule has 66 valence electrons. The summed E-state index contributed by atoms with van der Waals surface area (Å²) in [5.41, 5.74) is 0. The average molecular weight is 179 g/mol. The van der Waals surface area contributed by atoms with E-state index in [9.17, 15) is 8.42 Å². The van der Waals surface area contributed by atoms with Gasteiger partial charge in [-0.25, -0.2) is 13.6 Å². The molecular weight excluding hydrogens is 166 g/mol. The average Bonchev–Trinajstić information content (AvgIpc) is 2.61. The smallest absolute Gasteiger partial charge is 0.214 e. The predicted molar refractivity (Wildman–Crippen MR) is 41.6 cm³/mol. The van der Waals surface area contributed by atoms with Gasteiger partial charge in [-0.05, 0) is 19.3 Å². The molecule has 11 heavy (non-hydrogen) atoms. The maximum absolute atomic E-state index is 10.9. The molecule has 4 nitrogen and oxygen atoms in total. The third-order valence-electron chi connectivity index (χ3n) is 2.17. The summed E-state index contributed by atoms with van der Waals surface area (Å²) in [6.45, 7) is 0.469.